The van der Waals surface area contributed by atoms with E-state index in [0.29, 0.717) is 6.04 Å². The highest BCUT2D eigenvalue weighted by molar-refractivity contribution is 5.85. The van der Waals surface area contributed by atoms with Crippen molar-refractivity contribution in [3.8, 4) is 0 Å². The molecule has 1 fully saturated rings. The van der Waals surface area contributed by atoms with Gasteiger partial charge in [0.1, 0.15) is 0 Å². The van der Waals surface area contributed by atoms with Crippen LogP contribution in [0, 0.1) is 0 Å². The summed E-state index contributed by atoms with van der Waals surface area (Å²) in [5.41, 5.74) is -0.0148. The molecule has 6 heteroatoms. The van der Waals surface area contributed by atoms with Gasteiger partial charge in [-0.05, 0) is 25.6 Å². The Labute approximate surface area is 106 Å². The van der Waals surface area contributed by atoms with Crippen molar-refractivity contribution in [1.82, 2.24) is 15.1 Å². The standard InChI is InChI=1S/C12H18N4O2/c1-3-15-6-7-16(8-9(15)2)11-5-4-10(12(17)18)13-14-11/h4-5,9H,3,6-8H2,1-2H3,(H,17,18). The molecule has 18 heavy (non-hydrogen) atoms. The molecule has 0 saturated carbocycles. The van der Waals surface area contributed by atoms with Gasteiger partial charge in [-0.3, -0.25) is 4.90 Å². The number of aromatic nitrogens is 2. The van der Waals surface area contributed by atoms with Crippen LogP contribution in [-0.4, -0.2) is 58.4 Å². The molecule has 2 heterocycles. The van der Waals surface area contributed by atoms with Gasteiger partial charge in [0.05, 0.1) is 0 Å². The fourth-order valence-corrected chi connectivity index (χ4v) is 2.28. The molecule has 1 aromatic heterocycles. The second-order valence-corrected chi connectivity index (χ2v) is 4.51. The second kappa shape index (κ2) is 5.30. The van der Waals surface area contributed by atoms with E-state index in [2.05, 4.69) is 33.8 Å². The van der Waals surface area contributed by atoms with Crippen LogP contribution in [0.2, 0.25) is 0 Å². The smallest absolute Gasteiger partial charge is 0.356 e. The first kappa shape index (κ1) is 12.8. The fraction of sp³-hybridized carbons (Fsp3) is 0.583. The monoisotopic (exact) mass is 250 g/mol. The normalized spacial score (nSPS) is 21.0. The summed E-state index contributed by atoms with van der Waals surface area (Å²) in [6.45, 7) is 8.20. The highest BCUT2D eigenvalue weighted by Gasteiger charge is 2.23. The summed E-state index contributed by atoms with van der Waals surface area (Å²) in [4.78, 5) is 15.3. The molecular weight excluding hydrogens is 232 g/mol. The molecule has 1 aromatic rings. The zero-order chi connectivity index (χ0) is 13.1. The molecule has 1 aliphatic heterocycles. The number of carboxylic acid groups (broad SMARTS) is 1. The fourth-order valence-electron chi connectivity index (χ4n) is 2.28. The van der Waals surface area contributed by atoms with Crippen molar-refractivity contribution < 1.29 is 9.90 Å². The Kier molecular flexibility index (Phi) is 3.76. The van der Waals surface area contributed by atoms with Crippen LogP contribution in [0.4, 0.5) is 5.82 Å². The maximum absolute atomic E-state index is 10.7. The Morgan fingerprint density at radius 1 is 1.44 bits per heavy atom. The van der Waals surface area contributed by atoms with Crippen LogP contribution in [0.5, 0.6) is 0 Å². The van der Waals surface area contributed by atoms with Gasteiger partial charge in [0, 0.05) is 25.7 Å². The van der Waals surface area contributed by atoms with Crippen LogP contribution < -0.4 is 4.90 Å². The van der Waals surface area contributed by atoms with Crippen molar-refractivity contribution in [3.05, 3.63) is 17.8 Å². The summed E-state index contributed by atoms with van der Waals surface area (Å²) < 4.78 is 0. The van der Waals surface area contributed by atoms with Gasteiger partial charge in [0.2, 0.25) is 0 Å². The average Bonchev–Trinajstić information content (AvgIpc) is 2.38. The third-order valence-electron chi connectivity index (χ3n) is 3.36. The van der Waals surface area contributed by atoms with E-state index >= 15 is 0 Å². The van der Waals surface area contributed by atoms with Crippen LogP contribution in [0.3, 0.4) is 0 Å². The molecule has 1 unspecified atom stereocenters. The Morgan fingerprint density at radius 3 is 2.72 bits per heavy atom. The Balaban J connectivity index is 2.06. The summed E-state index contributed by atoms with van der Waals surface area (Å²) in [5.74, 6) is -0.291. The van der Waals surface area contributed by atoms with Gasteiger partial charge >= 0.3 is 5.97 Å². The number of carboxylic acids is 1. The van der Waals surface area contributed by atoms with Crippen LogP contribution in [0.15, 0.2) is 12.1 Å². The maximum Gasteiger partial charge on any atom is 0.356 e. The van der Waals surface area contributed by atoms with Gasteiger partial charge in [0.25, 0.3) is 0 Å². The van der Waals surface area contributed by atoms with Gasteiger partial charge in [-0.2, -0.15) is 0 Å². The second-order valence-electron chi connectivity index (χ2n) is 4.51. The van der Waals surface area contributed by atoms with E-state index in [9.17, 15) is 4.79 Å². The molecule has 2 rings (SSSR count). The lowest BCUT2D eigenvalue weighted by atomic mass is 10.2. The third kappa shape index (κ3) is 2.59. The minimum absolute atomic E-state index is 0.0148. The molecular formula is C12H18N4O2. The number of nitrogens with zero attached hydrogens (tertiary/aromatic N) is 4. The number of aromatic carboxylic acids is 1. The summed E-state index contributed by atoms with van der Waals surface area (Å²) in [6, 6.07) is 3.71. The molecule has 1 N–H and O–H groups in total. The Morgan fingerprint density at radius 2 is 2.22 bits per heavy atom. The Hall–Kier alpha value is -1.69. The molecule has 1 atom stereocenters. The number of rotatable bonds is 3. The number of anilines is 1. The van der Waals surface area contributed by atoms with Crippen LogP contribution in [0.25, 0.3) is 0 Å². The lowest BCUT2D eigenvalue weighted by Gasteiger charge is -2.39. The van der Waals surface area contributed by atoms with E-state index in [1.54, 1.807) is 6.07 Å². The highest BCUT2D eigenvalue weighted by Crippen LogP contribution is 2.16. The minimum atomic E-state index is -1.04. The molecule has 6 nitrogen and oxygen atoms in total. The molecule has 0 aromatic carbocycles. The first-order valence-corrected chi connectivity index (χ1v) is 6.18. The topological polar surface area (TPSA) is 69.6 Å². The Bertz CT molecular complexity index is 421. The number of piperazine rings is 1. The van der Waals surface area contributed by atoms with Crippen molar-refractivity contribution in [2.45, 2.75) is 19.9 Å². The molecule has 0 amide bonds. The van der Waals surface area contributed by atoms with Crippen molar-refractivity contribution in [1.29, 1.82) is 0 Å². The molecule has 0 bridgehead atoms. The molecule has 0 aliphatic carbocycles. The van der Waals surface area contributed by atoms with Crippen molar-refractivity contribution in [3.63, 3.8) is 0 Å². The van der Waals surface area contributed by atoms with Gasteiger partial charge in [-0.15, -0.1) is 10.2 Å². The maximum atomic E-state index is 10.7. The predicted octanol–water partition coefficient (Wildman–Crippen LogP) is 0.705. The quantitative estimate of drug-likeness (QED) is 0.852. The zero-order valence-electron chi connectivity index (χ0n) is 10.7. The molecule has 1 saturated heterocycles. The van der Waals surface area contributed by atoms with Gasteiger partial charge in [0.15, 0.2) is 11.5 Å². The molecule has 0 spiro atoms. The van der Waals surface area contributed by atoms with Crippen molar-refractivity contribution >= 4 is 11.8 Å². The van der Waals surface area contributed by atoms with Gasteiger partial charge < -0.3 is 10.0 Å². The minimum Gasteiger partial charge on any atom is -0.476 e. The lowest BCUT2D eigenvalue weighted by Crippen LogP contribution is -2.52. The largest absolute Gasteiger partial charge is 0.476 e. The SMILES string of the molecule is CCN1CCN(c2ccc(C(=O)O)nn2)CC1C. The van der Waals surface area contributed by atoms with Gasteiger partial charge in [-0.25, -0.2) is 4.79 Å². The van der Waals surface area contributed by atoms with Crippen molar-refractivity contribution in [2.75, 3.05) is 31.1 Å². The molecule has 1 aliphatic rings. The van der Waals surface area contributed by atoms with Crippen LogP contribution in [-0.2, 0) is 0 Å². The van der Waals surface area contributed by atoms with E-state index in [1.165, 1.54) is 6.07 Å². The number of hydrogen-bond donors (Lipinski definition) is 1. The van der Waals surface area contributed by atoms with E-state index in [0.717, 1.165) is 32.0 Å². The summed E-state index contributed by atoms with van der Waals surface area (Å²) in [5, 5.41) is 16.5. The third-order valence-corrected chi connectivity index (χ3v) is 3.36. The number of likely N-dealkylation sites (N-methyl/N-ethyl adjacent to an activating group) is 1. The number of hydrogen-bond acceptors (Lipinski definition) is 5. The summed E-state index contributed by atoms with van der Waals surface area (Å²) in [6.07, 6.45) is 0. The first-order valence-electron chi connectivity index (χ1n) is 6.18. The van der Waals surface area contributed by atoms with E-state index in [1.807, 2.05) is 0 Å². The van der Waals surface area contributed by atoms with Crippen molar-refractivity contribution in [2.24, 2.45) is 0 Å². The summed E-state index contributed by atoms with van der Waals surface area (Å²) in [7, 11) is 0. The molecule has 98 valence electrons. The lowest BCUT2D eigenvalue weighted by molar-refractivity contribution is 0.0689. The van der Waals surface area contributed by atoms with Crippen LogP contribution in [0.1, 0.15) is 24.3 Å². The van der Waals surface area contributed by atoms with E-state index in [4.69, 9.17) is 5.11 Å². The van der Waals surface area contributed by atoms with E-state index < -0.39 is 5.97 Å². The summed E-state index contributed by atoms with van der Waals surface area (Å²) >= 11 is 0. The number of carbonyl (C=O) groups is 1. The van der Waals surface area contributed by atoms with Gasteiger partial charge in [-0.1, -0.05) is 6.92 Å². The first-order chi connectivity index (χ1) is 8.61. The highest BCUT2D eigenvalue weighted by atomic mass is 16.4. The van der Waals surface area contributed by atoms with Crippen LogP contribution >= 0.6 is 0 Å². The predicted molar refractivity (Wildman–Crippen MR) is 67.9 cm³/mol. The zero-order valence-corrected chi connectivity index (χ0v) is 10.7. The molecule has 0 radical (unpaired) electrons. The van der Waals surface area contributed by atoms with E-state index in [-0.39, 0.29) is 5.69 Å². The average molecular weight is 250 g/mol.